The van der Waals surface area contributed by atoms with Gasteiger partial charge in [0.25, 0.3) is 0 Å². The van der Waals surface area contributed by atoms with Gasteiger partial charge in [-0.15, -0.1) is 0 Å². The minimum Gasteiger partial charge on any atom is -0.381 e. The van der Waals surface area contributed by atoms with Gasteiger partial charge in [0, 0.05) is 26.0 Å². The average Bonchev–Trinajstić information content (AvgIpc) is 3.08. The molecule has 1 amide bonds. The molecule has 26 heavy (non-hydrogen) atoms. The van der Waals surface area contributed by atoms with Crippen molar-refractivity contribution >= 4 is 16.9 Å². The molecule has 0 unspecified atom stereocenters. The normalized spacial score (nSPS) is 10.9. The number of nitrogens with one attached hydrogen (secondary N) is 2. The lowest BCUT2D eigenvalue weighted by Crippen LogP contribution is -2.26. The molecule has 0 saturated carbocycles. The summed E-state index contributed by atoms with van der Waals surface area (Å²) in [4.78, 5) is 19.6. The third-order valence-corrected chi connectivity index (χ3v) is 4.19. The number of fused-ring (bicyclic) bond motifs is 1. The zero-order valence-corrected chi connectivity index (χ0v) is 14.9. The number of benzene rings is 2. The molecule has 5 nitrogen and oxygen atoms in total. The molecule has 1 aromatic heterocycles. The first-order valence-electron chi connectivity index (χ1n) is 9.13. The van der Waals surface area contributed by atoms with Gasteiger partial charge in [0.1, 0.15) is 5.82 Å². The SMILES string of the molecule is O=C(CCCOCCc1ccccc1)NCCc1nc2ccccc2[nH]1. The highest BCUT2D eigenvalue weighted by molar-refractivity contribution is 5.76. The van der Waals surface area contributed by atoms with E-state index in [2.05, 4.69) is 27.4 Å². The van der Waals surface area contributed by atoms with Gasteiger partial charge in [-0.25, -0.2) is 4.98 Å². The Balaban J connectivity index is 1.24. The Morgan fingerprint density at radius 1 is 1.00 bits per heavy atom. The fourth-order valence-electron chi connectivity index (χ4n) is 2.80. The molecule has 0 atom stereocenters. The largest absolute Gasteiger partial charge is 0.381 e. The first kappa shape index (κ1) is 18.1. The van der Waals surface area contributed by atoms with E-state index < -0.39 is 0 Å². The third kappa shape index (κ3) is 5.70. The number of hydrogen-bond acceptors (Lipinski definition) is 3. The fraction of sp³-hybridized carbons (Fsp3) is 0.333. The van der Waals surface area contributed by atoms with Crippen molar-refractivity contribution in [3.05, 3.63) is 66.0 Å². The summed E-state index contributed by atoms with van der Waals surface area (Å²) in [5.74, 6) is 0.962. The Hall–Kier alpha value is -2.66. The van der Waals surface area contributed by atoms with Crippen molar-refractivity contribution in [1.29, 1.82) is 0 Å². The van der Waals surface area contributed by atoms with E-state index in [1.807, 2.05) is 42.5 Å². The molecule has 0 aliphatic carbocycles. The highest BCUT2D eigenvalue weighted by atomic mass is 16.5. The summed E-state index contributed by atoms with van der Waals surface area (Å²) in [7, 11) is 0. The number of carbonyl (C=O) groups is 1. The van der Waals surface area contributed by atoms with Crippen LogP contribution in [0.25, 0.3) is 11.0 Å². The Morgan fingerprint density at radius 2 is 1.81 bits per heavy atom. The number of H-pyrrole nitrogens is 1. The lowest BCUT2D eigenvalue weighted by atomic mass is 10.2. The number of rotatable bonds is 10. The topological polar surface area (TPSA) is 67.0 Å². The van der Waals surface area contributed by atoms with Crippen molar-refractivity contribution in [2.75, 3.05) is 19.8 Å². The van der Waals surface area contributed by atoms with E-state index in [0.717, 1.165) is 29.7 Å². The smallest absolute Gasteiger partial charge is 0.220 e. The van der Waals surface area contributed by atoms with Gasteiger partial charge in [-0.1, -0.05) is 42.5 Å². The van der Waals surface area contributed by atoms with Crippen molar-refractivity contribution in [3.63, 3.8) is 0 Å². The number of ether oxygens (including phenoxy) is 1. The summed E-state index contributed by atoms with van der Waals surface area (Å²) in [6, 6.07) is 18.2. The van der Waals surface area contributed by atoms with Crippen LogP contribution in [-0.4, -0.2) is 35.6 Å². The van der Waals surface area contributed by atoms with Gasteiger partial charge in [0.05, 0.1) is 17.6 Å². The first-order valence-corrected chi connectivity index (χ1v) is 9.13. The number of carbonyl (C=O) groups excluding carboxylic acids is 1. The van der Waals surface area contributed by atoms with Gasteiger partial charge >= 0.3 is 0 Å². The molecule has 136 valence electrons. The quantitative estimate of drug-likeness (QED) is 0.551. The van der Waals surface area contributed by atoms with E-state index in [1.165, 1.54) is 5.56 Å². The monoisotopic (exact) mass is 351 g/mol. The Kier molecular flexibility index (Phi) is 6.79. The van der Waals surface area contributed by atoms with Gasteiger partial charge in [-0.05, 0) is 30.5 Å². The highest BCUT2D eigenvalue weighted by Crippen LogP contribution is 2.10. The molecule has 2 aromatic carbocycles. The zero-order valence-electron chi connectivity index (χ0n) is 14.9. The minimum atomic E-state index is 0.0628. The molecule has 0 aliphatic rings. The number of nitrogens with zero attached hydrogens (tertiary/aromatic N) is 1. The second kappa shape index (κ2) is 9.73. The van der Waals surface area contributed by atoms with Crippen molar-refractivity contribution < 1.29 is 9.53 Å². The first-order chi connectivity index (χ1) is 12.8. The number of para-hydroxylation sites is 2. The van der Waals surface area contributed by atoms with Crippen molar-refractivity contribution in [2.24, 2.45) is 0 Å². The van der Waals surface area contributed by atoms with Crippen molar-refractivity contribution in [1.82, 2.24) is 15.3 Å². The summed E-state index contributed by atoms with van der Waals surface area (Å²) < 4.78 is 5.60. The van der Waals surface area contributed by atoms with E-state index in [0.29, 0.717) is 32.6 Å². The molecular weight excluding hydrogens is 326 g/mol. The van der Waals surface area contributed by atoms with Crippen LogP contribution < -0.4 is 5.32 Å². The predicted octanol–water partition coefficient (Wildman–Crippen LogP) is 3.26. The summed E-state index contributed by atoms with van der Waals surface area (Å²) in [5.41, 5.74) is 3.26. The van der Waals surface area contributed by atoms with E-state index in [1.54, 1.807) is 0 Å². The summed E-state index contributed by atoms with van der Waals surface area (Å²) in [5, 5.41) is 2.94. The van der Waals surface area contributed by atoms with Crippen LogP contribution in [0.2, 0.25) is 0 Å². The lowest BCUT2D eigenvalue weighted by molar-refractivity contribution is -0.121. The molecule has 5 heteroatoms. The second-order valence-corrected chi connectivity index (χ2v) is 6.25. The van der Waals surface area contributed by atoms with Crippen molar-refractivity contribution in [2.45, 2.75) is 25.7 Å². The van der Waals surface area contributed by atoms with Crippen LogP contribution in [0.3, 0.4) is 0 Å². The molecule has 0 bridgehead atoms. The number of aromatic nitrogens is 2. The summed E-state index contributed by atoms with van der Waals surface area (Å²) >= 11 is 0. The Labute approximate surface area is 153 Å². The molecule has 0 aliphatic heterocycles. The molecule has 0 radical (unpaired) electrons. The van der Waals surface area contributed by atoms with E-state index in [4.69, 9.17) is 4.74 Å². The number of imidazole rings is 1. The maximum absolute atomic E-state index is 11.9. The van der Waals surface area contributed by atoms with Gasteiger partial charge in [-0.3, -0.25) is 4.79 Å². The van der Waals surface area contributed by atoms with Gasteiger partial charge in [0.15, 0.2) is 0 Å². The third-order valence-electron chi connectivity index (χ3n) is 4.19. The standard InChI is InChI=1S/C21H25N3O2/c25-21(11-6-15-26-16-13-17-7-2-1-3-8-17)22-14-12-20-23-18-9-4-5-10-19(18)24-20/h1-5,7-10H,6,11-16H2,(H,22,25)(H,23,24). The van der Waals surface area contributed by atoms with Crippen LogP contribution in [-0.2, 0) is 22.4 Å². The van der Waals surface area contributed by atoms with E-state index in [-0.39, 0.29) is 5.91 Å². The Morgan fingerprint density at radius 3 is 2.65 bits per heavy atom. The zero-order chi connectivity index (χ0) is 18.0. The summed E-state index contributed by atoms with van der Waals surface area (Å²) in [6.45, 7) is 1.90. The van der Waals surface area contributed by atoms with Gasteiger partial charge in [-0.2, -0.15) is 0 Å². The van der Waals surface area contributed by atoms with Crippen LogP contribution in [0.1, 0.15) is 24.2 Å². The number of hydrogen-bond donors (Lipinski definition) is 2. The number of amides is 1. The minimum absolute atomic E-state index is 0.0628. The van der Waals surface area contributed by atoms with Crippen LogP contribution >= 0.6 is 0 Å². The molecular formula is C21H25N3O2. The average molecular weight is 351 g/mol. The molecule has 3 rings (SSSR count). The molecule has 2 N–H and O–H groups in total. The second-order valence-electron chi connectivity index (χ2n) is 6.25. The maximum Gasteiger partial charge on any atom is 0.220 e. The highest BCUT2D eigenvalue weighted by Gasteiger charge is 2.04. The maximum atomic E-state index is 11.9. The predicted molar refractivity (Wildman–Crippen MR) is 103 cm³/mol. The number of aromatic amines is 1. The Bertz CT molecular complexity index is 781. The van der Waals surface area contributed by atoms with E-state index >= 15 is 0 Å². The van der Waals surface area contributed by atoms with Gasteiger partial charge < -0.3 is 15.0 Å². The fourth-order valence-corrected chi connectivity index (χ4v) is 2.80. The van der Waals surface area contributed by atoms with Crippen LogP contribution in [0.5, 0.6) is 0 Å². The molecule has 3 aromatic rings. The van der Waals surface area contributed by atoms with Crippen LogP contribution in [0.4, 0.5) is 0 Å². The van der Waals surface area contributed by atoms with Crippen LogP contribution in [0, 0.1) is 0 Å². The molecule has 0 spiro atoms. The van der Waals surface area contributed by atoms with Gasteiger partial charge in [0.2, 0.25) is 5.91 Å². The molecule has 0 saturated heterocycles. The van der Waals surface area contributed by atoms with E-state index in [9.17, 15) is 4.79 Å². The molecule has 1 heterocycles. The van der Waals surface area contributed by atoms with Crippen LogP contribution in [0.15, 0.2) is 54.6 Å². The molecule has 0 fully saturated rings. The van der Waals surface area contributed by atoms with Crippen molar-refractivity contribution in [3.8, 4) is 0 Å². The summed E-state index contributed by atoms with van der Waals surface area (Å²) in [6.07, 6.45) is 2.84. The lowest BCUT2D eigenvalue weighted by Gasteiger charge is -2.06.